The zero-order valence-electron chi connectivity index (χ0n) is 15.8. The first-order chi connectivity index (χ1) is 13.4. The van der Waals surface area contributed by atoms with Crippen molar-refractivity contribution >= 4 is 29.4 Å². The lowest BCUT2D eigenvalue weighted by Gasteiger charge is -2.22. The van der Waals surface area contributed by atoms with Gasteiger partial charge in [0, 0.05) is 24.8 Å². The van der Waals surface area contributed by atoms with Gasteiger partial charge in [0.1, 0.15) is 12.1 Å². The zero-order valence-corrected chi connectivity index (χ0v) is 16.5. The van der Waals surface area contributed by atoms with E-state index in [1.807, 2.05) is 30.3 Å². The van der Waals surface area contributed by atoms with E-state index in [9.17, 15) is 14.4 Å². The van der Waals surface area contributed by atoms with Crippen molar-refractivity contribution in [3.8, 4) is 0 Å². The zero-order chi connectivity index (χ0) is 20.5. The van der Waals surface area contributed by atoms with Gasteiger partial charge in [-0.3, -0.25) is 9.59 Å². The van der Waals surface area contributed by atoms with Crippen molar-refractivity contribution in [3.05, 3.63) is 70.7 Å². The van der Waals surface area contributed by atoms with Gasteiger partial charge in [-0.05, 0) is 23.3 Å². The minimum atomic E-state index is -0.884. The quantitative estimate of drug-likeness (QED) is 0.663. The highest BCUT2D eigenvalue weighted by molar-refractivity contribution is 6.30. The Kier molecular flexibility index (Phi) is 8.02. The lowest BCUT2D eigenvalue weighted by Crippen LogP contribution is -2.53. The lowest BCUT2D eigenvalue weighted by molar-refractivity contribution is -0.145. The van der Waals surface area contributed by atoms with Crippen LogP contribution in [-0.2, 0) is 32.0 Å². The first-order valence-electron chi connectivity index (χ1n) is 8.82. The Balaban J connectivity index is 2.14. The Morgan fingerprint density at radius 3 is 2.04 bits per heavy atom. The van der Waals surface area contributed by atoms with E-state index in [0.29, 0.717) is 11.4 Å². The van der Waals surface area contributed by atoms with Crippen LogP contribution in [0.15, 0.2) is 54.6 Å². The van der Waals surface area contributed by atoms with E-state index >= 15 is 0 Å². The molecular weight excluding hydrogens is 380 g/mol. The van der Waals surface area contributed by atoms with Crippen LogP contribution >= 0.6 is 11.6 Å². The number of ether oxygens (including phenoxy) is 1. The SMILES string of the molecule is COC(=O)[C@H](Cc1ccc(Cl)cc1)NC(=O)[C@H](Cc1ccccc1)NC(C)=O. The number of rotatable bonds is 8. The second kappa shape index (κ2) is 10.5. The molecule has 2 atom stereocenters. The number of nitrogens with one attached hydrogen (secondary N) is 2. The predicted octanol–water partition coefficient (Wildman–Crippen LogP) is 2.29. The summed E-state index contributed by atoms with van der Waals surface area (Å²) in [7, 11) is 1.26. The summed E-state index contributed by atoms with van der Waals surface area (Å²) < 4.78 is 4.82. The standard InChI is InChI=1S/C21H23ClN2O4/c1-14(25)23-18(12-15-6-4-3-5-7-15)20(26)24-19(21(27)28-2)13-16-8-10-17(22)11-9-16/h3-11,18-19H,12-13H2,1-2H3,(H,23,25)(H,24,26)/t18-,19-/m0/s1. The van der Waals surface area contributed by atoms with Gasteiger partial charge in [0.15, 0.2) is 0 Å². The Bertz CT molecular complexity index is 809. The molecular formula is C21H23ClN2O4. The molecule has 0 aliphatic rings. The molecule has 7 heteroatoms. The molecule has 2 rings (SSSR count). The highest BCUT2D eigenvalue weighted by atomic mass is 35.5. The molecule has 2 aromatic carbocycles. The number of hydrogen-bond acceptors (Lipinski definition) is 4. The number of carbonyl (C=O) groups is 3. The number of halogens is 1. The molecule has 28 heavy (non-hydrogen) atoms. The summed E-state index contributed by atoms with van der Waals surface area (Å²) in [5.41, 5.74) is 1.71. The molecule has 0 spiro atoms. The molecule has 2 aromatic rings. The summed E-state index contributed by atoms with van der Waals surface area (Å²) >= 11 is 5.89. The summed E-state index contributed by atoms with van der Waals surface area (Å²) in [6, 6.07) is 14.6. The fourth-order valence-electron chi connectivity index (χ4n) is 2.77. The van der Waals surface area contributed by atoms with Crippen LogP contribution in [0.5, 0.6) is 0 Å². The fraction of sp³-hybridized carbons (Fsp3) is 0.286. The molecule has 0 bridgehead atoms. The van der Waals surface area contributed by atoms with Crippen LogP contribution in [-0.4, -0.2) is 37.0 Å². The van der Waals surface area contributed by atoms with Gasteiger partial charge in [-0.15, -0.1) is 0 Å². The summed E-state index contributed by atoms with van der Waals surface area (Å²) in [6.07, 6.45) is 0.550. The summed E-state index contributed by atoms with van der Waals surface area (Å²) in [5.74, 6) is -1.35. The van der Waals surface area contributed by atoms with Crippen LogP contribution in [0.4, 0.5) is 0 Å². The third-order valence-electron chi connectivity index (χ3n) is 4.13. The molecule has 0 unspecified atom stereocenters. The van der Waals surface area contributed by atoms with Crippen LogP contribution in [0.3, 0.4) is 0 Å². The Morgan fingerprint density at radius 1 is 0.893 bits per heavy atom. The van der Waals surface area contributed by atoms with Crippen LogP contribution in [0.1, 0.15) is 18.1 Å². The second-order valence-electron chi connectivity index (χ2n) is 6.36. The largest absolute Gasteiger partial charge is 0.467 e. The van der Waals surface area contributed by atoms with Crippen molar-refractivity contribution in [3.63, 3.8) is 0 Å². The van der Waals surface area contributed by atoms with E-state index in [1.54, 1.807) is 24.3 Å². The van der Waals surface area contributed by atoms with E-state index in [-0.39, 0.29) is 12.3 Å². The number of amides is 2. The molecule has 2 amide bonds. The van der Waals surface area contributed by atoms with Crippen molar-refractivity contribution in [2.45, 2.75) is 31.8 Å². The number of esters is 1. The van der Waals surface area contributed by atoms with Gasteiger partial charge < -0.3 is 15.4 Å². The molecule has 0 aromatic heterocycles. The number of methoxy groups -OCH3 is 1. The summed E-state index contributed by atoms with van der Waals surface area (Å²) in [6.45, 7) is 1.34. The monoisotopic (exact) mass is 402 g/mol. The fourth-order valence-corrected chi connectivity index (χ4v) is 2.89. The Labute approximate surface area is 169 Å². The molecule has 0 aliphatic heterocycles. The van der Waals surface area contributed by atoms with Crippen molar-refractivity contribution in [2.75, 3.05) is 7.11 Å². The second-order valence-corrected chi connectivity index (χ2v) is 6.79. The van der Waals surface area contributed by atoms with Gasteiger partial charge in [-0.2, -0.15) is 0 Å². The van der Waals surface area contributed by atoms with E-state index in [4.69, 9.17) is 16.3 Å². The molecule has 6 nitrogen and oxygen atoms in total. The molecule has 148 valence electrons. The molecule has 0 aliphatic carbocycles. The van der Waals surface area contributed by atoms with Crippen molar-refractivity contribution in [1.82, 2.24) is 10.6 Å². The van der Waals surface area contributed by atoms with Crippen LogP contribution in [0.2, 0.25) is 5.02 Å². The maximum Gasteiger partial charge on any atom is 0.328 e. The van der Waals surface area contributed by atoms with Crippen LogP contribution < -0.4 is 10.6 Å². The third-order valence-corrected chi connectivity index (χ3v) is 4.38. The van der Waals surface area contributed by atoms with Gasteiger partial charge >= 0.3 is 5.97 Å². The van der Waals surface area contributed by atoms with Gasteiger partial charge in [-0.1, -0.05) is 54.1 Å². The molecule has 0 saturated carbocycles. The first kappa shape index (κ1) is 21.4. The van der Waals surface area contributed by atoms with Crippen molar-refractivity contribution < 1.29 is 19.1 Å². The Hall–Kier alpha value is -2.86. The summed E-state index contributed by atoms with van der Waals surface area (Å²) in [4.78, 5) is 36.5. The van der Waals surface area contributed by atoms with Gasteiger partial charge in [0.25, 0.3) is 0 Å². The smallest absolute Gasteiger partial charge is 0.328 e. The van der Waals surface area contributed by atoms with E-state index in [2.05, 4.69) is 10.6 Å². The highest BCUT2D eigenvalue weighted by Gasteiger charge is 2.27. The minimum Gasteiger partial charge on any atom is -0.467 e. The van der Waals surface area contributed by atoms with Gasteiger partial charge in [-0.25, -0.2) is 4.79 Å². The van der Waals surface area contributed by atoms with Crippen molar-refractivity contribution in [2.24, 2.45) is 0 Å². The topological polar surface area (TPSA) is 84.5 Å². The molecule has 0 saturated heterocycles. The molecule has 2 N–H and O–H groups in total. The minimum absolute atomic E-state index is 0.244. The number of benzene rings is 2. The van der Waals surface area contributed by atoms with Crippen LogP contribution in [0.25, 0.3) is 0 Å². The average molecular weight is 403 g/mol. The van der Waals surface area contributed by atoms with E-state index in [1.165, 1.54) is 14.0 Å². The highest BCUT2D eigenvalue weighted by Crippen LogP contribution is 2.12. The molecule has 0 radical (unpaired) electrons. The maximum absolute atomic E-state index is 12.8. The van der Waals surface area contributed by atoms with Gasteiger partial charge in [0.05, 0.1) is 7.11 Å². The normalized spacial score (nSPS) is 12.5. The average Bonchev–Trinajstić information content (AvgIpc) is 2.68. The van der Waals surface area contributed by atoms with Crippen molar-refractivity contribution in [1.29, 1.82) is 0 Å². The molecule has 0 heterocycles. The summed E-state index contributed by atoms with van der Waals surface area (Å²) in [5, 5.41) is 5.92. The number of carbonyl (C=O) groups excluding carboxylic acids is 3. The lowest BCUT2D eigenvalue weighted by atomic mass is 10.0. The van der Waals surface area contributed by atoms with Crippen LogP contribution in [0, 0.1) is 0 Å². The maximum atomic E-state index is 12.8. The molecule has 0 fully saturated rings. The number of hydrogen-bond donors (Lipinski definition) is 2. The van der Waals surface area contributed by atoms with E-state index < -0.39 is 24.0 Å². The third kappa shape index (κ3) is 6.70. The predicted molar refractivity (Wildman–Crippen MR) is 107 cm³/mol. The van der Waals surface area contributed by atoms with Gasteiger partial charge in [0.2, 0.25) is 11.8 Å². The Morgan fingerprint density at radius 2 is 1.46 bits per heavy atom. The van der Waals surface area contributed by atoms with E-state index in [0.717, 1.165) is 11.1 Å². The first-order valence-corrected chi connectivity index (χ1v) is 9.20.